The molecule has 1 N–H and O–H groups in total. The highest BCUT2D eigenvalue weighted by Gasteiger charge is 2.38. The molecule has 5 rings (SSSR count). The minimum atomic E-state index is -0.768. The number of carbonyl (C=O) groups is 3. The van der Waals surface area contributed by atoms with Crippen molar-refractivity contribution in [3.63, 3.8) is 0 Å². The van der Waals surface area contributed by atoms with Gasteiger partial charge in [0.15, 0.2) is 5.25 Å². The summed E-state index contributed by atoms with van der Waals surface area (Å²) in [5.74, 6) is -0.273. The third-order valence-electron chi connectivity index (χ3n) is 7.52. The second-order valence-corrected chi connectivity index (χ2v) is 10.8. The molecule has 0 aliphatic carbocycles. The number of piperidine rings is 1. The Kier molecular flexibility index (Phi) is 6.73. The Labute approximate surface area is 210 Å². The fourth-order valence-corrected chi connectivity index (χ4v) is 6.30. The summed E-state index contributed by atoms with van der Waals surface area (Å²) in [6, 6.07) is 13.9. The van der Waals surface area contributed by atoms with Gasteiger partial charge in [-0.1, -0.05) is 24.3 Å². The lowest BCUT2D eigenvalue weighted by Crippen LogP contribution is -2.53. The number of fused-ring (bicyclic) bond motifs is 1. The number of rotatable bonds is 3. The number of amides is 3. The Morgan fingerprint density at radius 2 is 1.54 bits per heavy atom. The Morgan fingerprint density at radius 3 is 2.29 bits per heavy atom. The van der Waals surface area contributed by atoms with Gasteiger partial charge in [0.25, 0.3) is 0 Å². The number of piperazine rings is 1. The van der Waals surface area contributed by atoms with Crippen molar-refractivity contribution in [2.24, 2.45) is 5.92 Å². The normalized spacial score (nSPS) is 20.9. The van der Waals surface area contributed by atoms with E-state index in [-0.39, 0.29) is 23.6 Å². The molecule has 2 aromatic carbocycles. The first-order chi connectivity index (χ1) is 16.9. The van der Waals surface area contributed by atoms with Gasteiger partial charge in [0.05, 0.1) is 5.69 Å². The van der Waals surface area contributed by atoms with Gasteiger partial charge in [0.1, 0.15) is 0 Å². The molecule has 2 saturated heterocycles. The van der Waals surface area contributed by atoms with Crippen LogP contribution < -0.4 is 10.2 Å². The summed E-state index contributed by atoms with van der Waals surface area (Å²) in [5.41, 5.74) is 4.61. The van der Waals surface area contributed by atoms with Gasteiger partial charge in [0.2, 0.25) is 17.7 Å². The molecule has 0 radical (unpaired) electrons. The Balaban J connectivity index is 1.13. The van der Waals surface area contributed by atoms with Crippen molar-refractivity contribution in [1.82, 2.24) is 9.80 Å². The maximum absolute atomic E-state index is 13.2. The molecule has 3 aliphatic rings. The van der Waals surface area contributed by atoms with Crippen LogP contribution in [-0.2, 0) is 14.4 Å². The molecular formula is C27H32N4O3S. The van der Waals surface area contributed by atoms with Gasteiger partial charge in [0, 0.05) is 55.8 Å². The number of carbonyl (C=O) groups excluding carboxylic acids is 3. The quantitative estimate of drug-likeness (QED) is 0.666. The lowest BCUT2D eigenvalue weighted by atomic mass is 9.94. The first-order valence-electron chi connectivity index (χ1n) is 12.4. The molecule has 0 spiro atoms. The van der Waals surface area contributed by atoms with Crippen LogP contribution in [0.3, 0.4) is 0 Å². The van der Waals surface area contributed by atoms with Crippen LogP contribution in [0, 0.1) is 19.8 Å². The van der Waals surface area contributed by atoms with Gasteiger partial charge in [-0.05, 0) is 56.0 Å². The highest BCUT2D eigenvalue weighted by molar-refractivity contribution is 8.01. The predicted molar refractivity (Wildman–Crippen MR) is 139 cm³/mol. The second kappa shape index (κ2) is 9.93. The lowest BCUT2D eigenvalue weighted by molar-refractivity contribution is -0.141. The number of likely N-dealkylation sites (tertiary alicyclic amines) is 1. The van der Waals surface area contributed by atoms with E-state index in [9.17, 15) is 14.4 Å². The number of hydrogen-bond acceptors (Lipinski definition) is 5. The van der Waals surface area contributed by atoms with E-state index in [4.69, 9.17) is 0 Å². The number of thioether (sulfide) groups is 1. The highest BCUT2D eigenvalue weighted by Crippen LogP contribution is 2.36. The van der Waals surface area contributed by atoms with Crippen molar-refractivity contribution >= 4 is 40.9 Å². The monoisotopic (exact) mass is 492 g/mol. The molecule has 3 heterocycles. The predicted octanol–water partition coefficient (Wildman–Crippen LogP) is 3.30. The third-order valence-corrected chi connectivity index (χ3v) is 8.78. The molecule has 3 aliphatic heterocycles. The van der Waals surface area contributed by atoms with E-state index in [0.717, 1.165) is 36.8 Å². The van der Waals surface area contributed by atoms with E-state index in [0.29, 0.717) is 25.9 Å². The number of benzene rings is 2. The molecule has 8 heteroatoms. The van der Waals surface area contributed by atoms with Gasteiger partial charge < -0.3 is 20.0 Å². The van der Waals surface area contributed by atoms with Crippen molar-refractivity contribution in [3.8, 4) is 0 Å². The zero-order valence-electron chi connectivity index (χ0n) is 20.3. The Hall–Kier alpha value is -3.00. The fourth-order valence-electron chi connectivity index (χ4n) is 5.23. The molecule has 0 aromatic heterocycles. The van der Waals surface area contributed by atoms with Crippen molar-refractivity contribution in [2.45, 2.75) is 36.8 Å². The molecule has 0 saturated carbocycles. The molecular weight excluding hydrogens is 460 g/mol. The van der Waals surface area contributed by atoms with Crippen LogP contribution in [0.5, 0.6) is 0 Å². The van der Waals surface area contributed by atoms with Crippen molar-refractivity contribution < 1.29 is 14.4 Å². The summed E-state index contributed by atoms with van der Waals surface area (Å²) in [6.45, 7) is 8.45. The van der Waals surface area contributed by atoms with E-state index >= 15 is 0 Å². The molecule has 0 bridgehead atoms. The minimum absolute atomic E-state index is 0.0557. The van der Waals surface area contributed by atoms with Gasteiger partial charge in [-0.15, -0.1) is 11.8 Å². The molecule has 35 heavy (non-hydrogen) atoms. The van der Waals surface area contributed by atoms with Gasteiger partial charge in [-0.3, -0.25) is 14.4 Å². The maximum Gasteiger partial charge on any atom is 0.247 e. The average Bonchev–Trinajstić information content (AvgIpc) is 2.89. The number of anilines is 2. The van der Waals surface area contributed by atoms with Crippen molar-refractivity contribution in [2.75, 3.05) is 49.5 Å². The van der Waals surface area contributed by atoms with Crippen LogP contribution in [0.4, 0.5) is 11.4 Å². The molecule has 2 aromatic rings. The number of aryl methyl sites for hydroxylation is 1. The second-order valence-electron chi connectivity index (χ2n) is 9.61. The van der Waals surface area contributed by atoms with E-state index in [1.807, 2.05) is 29.2 Å². The molecule has 3 amide bonds. The van der Waals surface area contributed by atoms with Crippen LogP contribution in [0.15, 0.2) is 47.4 Å². The summed E-state index contributed by atoms with van der Waals surface area (Å²) in [7, 11) is 0. The van der Waals surface area contributed by atoms with E-state index in [2.05, 4.69) is 42.3 Å². The summed E-state index contributed by atoms with van der Waals surface area (Å²) in [5, 5.41) is 2.08. The van der Waals surface area contributed by atoms with E-state index < -0.39 is 5.25 Å². The van der Waals surface area contributed by atoms with Crippen LogP contribution in [0.1, 0.15) is 24.0 Å². The van der Waals surface area contributed by atoms with Crippen LogP contribution in [-0.4, -0.2) is 72.0 Å². The van der Waals surface area contributed by atoms with Crippen molar-refractivity contribution in [3.05, 3.63) is 53.6 Å². The van der Waals surface area contributed by atoms with Gasteiger partial charge in [-0.25, -0.2) is 0 Å². The smallest absolute Gasteiger partial charge is 0.247 e. The SMILES string of the molecule is Cc1cccc(N2CCN(C(=O)C3CCN(C(=O)C4Sc5ccccc5NC4=O)CC3)CC2)c1C. The summed E-state index contributed by atoms with van der Waals surface area (Å²) in [4.78, 5) is 45.9. The number of nitrogens with one attached hydrogen (secondary N) is 1. The number of para-hydroxylation sites is 1. The van der Waals surface area contributed by atoms with Crippen molar-refractivity contribution in [1.29, 1.82) is 0 Å². The molecule has 7 nitrogen and oxygen atoms in total. The number of nitrogens with zero attached hydrogens (tertiary/aromatic N) is 3. The first kappa shape index (κ1) is 23.7. The van der Waals surface area contributed by atoms with Gasteiger partial charge in [-0.2, -0.15) is 0 Å². The highest BCUT2D eigenvalue weighted by atomic mass is 32.2. The third kappa shape index (κ3) is 4.76. The number of hydrogen-bond donors (Lipinski definition) is 1. The molecule has 1 atom stereocenters. The minimum Gasteiger partial charge on any atom is -0.368 e. The zero-order valence-corrected chi connectivity index (χ0v) is 21.1. The standard InChI is InChI=1S/C27H32N4O3S/c1-18-6-5-8-22(19(18)2)29-14-16-31(17-15-29)26(33)20-10-12-30(13-11-20)27(34)24-25(32)28-21-7-3-4-9-23(21)35-24/h3-9,20,24H,10-17H2,1-2H3,(H,28,32). The largest absolute Gasteiger partial charge is 0.368 e. The maximum atomic E-state index is 13.2. The van der Waals surface area contributed by atoms with Crippen LogP contribution in [0.25, 0.3) is 0 Å². The summed E-state index contributed by atoms with van der Waals surface area (Å²) >= 11 is 1.31. The van der Waals surface area contributed by atoms with Crippen LogP contribution >= 0.6 is 11.8 Å². The first-order valence-corrected chi connectivity index (χ1v) is 13.3. The zero-order chi connectivity index (χ0) is 24.5. The molecule has 1 unspecified atom stereocenters. The fraction of sp³-hybridized carbons (Fsp3) is 0.444. The van der Waals surface area contributed by atoms with E-state index in [1.165, 1.54) is 28.6 Å². The van der Waals surface area contributed by atoms with Gasteiger partial charge >= 0.3 is 0 Å². The molecule has 2 fully saturated rings. The Bertz CT molecular complexity index is 1140. The average molecular weight is 493 g/mol. The Morgan fingerprint density at radius 1 is 0.857 bits per heavy atom. The topological polar surface area (TPSA) is 73.0 Å². The van der Waals surface area contributed by atoms with E-state index in [1.54, 1.807) is 4.90 Å². The summed E-state index contributed by atoms with van der Waals surface area (Å²) in [6.07, 6.45) is 1.30. The lowest BCUT2D eigenvalue weighted by Gasteiger charge is -2.40. The summed E-state index contributed by atoms with van der Waals surface area (Å²) < 4.78 is 0. The molecule has 184 valence electrons. The van der Waals surface area contributed by atoms with Crippen LogP contribution in [0.2, 0.25) is 0 Å².